The molecule has 1 aliphatic rings. The Bertz CT molecular complexity index is 625. The number of carbonyl (C=O) groups is 2. The number of aliphatic hydroxyl groups excluding tert-OH is 1. The molecule has 1 aromatic carbocycles. The summed E-state index contributed by atoms with van der Waals surface area (Å²) in [6, 6.07) is 7.88. The number of carboxylic acids is 1. The highest BCUT2D eigenvalue weighted by Crippen LogP contribution is 2.37. The lowest BCUT2D eigenvalue weighted by atomic mass is 9.98. The third-order valence-corrected chi connectivity index (χ3v) is 3.81. The summed E-state index contributed by atoms with van der Waals surface area (Å²) >= 11 is 0. The molecule has 1 heterocycles. The summed E-state index contributed by atoms with van der Waals surface area (Å²) in [5, 5.41) is 16.6. The fourth-order valence-electron chi connectivity index (χ4n) is 2.57. The lowest BCUT2D eigenvalue weighted by Crippen LogP contribution is -2.34. The van der Waals surface area contributed by atoms with Gasteiger partial charge in [0.15, 0.2) is 0 Å². The van der Waals surface area contributed by atoms with Crippen molar-refractivity contribution in [3.05, 3.63) is 29.8 Å². The Labute approximate surface area is 148 Å². The van der Waals surface area contributed by atoms with Crippen LogP contribution in [-0.4, -0.2) is 54.0 Å². The van der Waals surface area contributed by atoms with E-state index in [-0.39, 0.29) is 18.9 Å². The number of benzene rings is 1. The maximum atomic E-state index is 12.2. The Morgan fingerprint density at radius 2 is 1.85 bits per heavy atom. The number of aliphatic hydroxyl groups is 1. The molecule has 10 heteroatoms. The first-order chi connectivity index (χ1) is 12.1. The molecule has 0 saturated carbocycles. The number of carboxylic acid groups (broad SMARTS) is 1. The molecule has 0 aliphatic carbocycles. The molecule has 7 nitrogen and oxygen atoms in total. The van der Waals surface area contributed by atoms with Crippen LogP contribution in [0.15, 0.2) is 24.3 Å². The molecular formula is C16H22F3N3O4. The first-order valence-electron chi connectivity index (χ1n) is 7.89. The normalized spacial score (nSPS) is 17.2. The summed E-state index contributed by atoms with van der Waals surface area (Å²) in [6.45, 7) is 1.35. The molecule has 0 saturated heterocycles. The number of para-hydroxylation sites is 1. The van der Waals surface area contributed by atoms with Crippen molar-refractivity contribution < 1.29 is 33.0 Å². The van der Waals surface area contributed by atoms with Gasteiger partial charge in [-0.1, -0.05) is 18.2 Å². The molecule has 2 atom stereocenters. The fraction of sp³-hybridized carbons (Fsp3) is 0.500. The fourth-order valence-corrected chi connectivity index (χ4v) is 2.57. The average Bonchev–Trinajstić information content (AvgIpc) is 2.94. The average molecular weight is 377 g/mol. The highest BCUT2D eigenvalue weighted by atomic mass is 19.4. The summed E-state index contributed by atoms with van der Waals surface area (Å²) in [5.74, 6) is -2.54. The first kappa shape index (κ1) is 21.9. The van der Waals surface area contributed by atoms with E-state index in [1.165, 1.54) is 5.56 Å². The van der Waals surface area contributed by atoms with Crippen molar-refractivity contribution >= 4 is 17.6 Å². The molecule has 0 radical (unpaired) electrons. The number of aliphatic carboxylic acids is 1. The molecule has 26 heavy (non-hydrogen) atoms. The number of nitrogens with two attached hydrogens (primary N) is 2. The third kappa shape index (κ3) is 5.97. The van der Waals surface area contributed by atoms with E-state index in [0.29, 0.717) is 19.0 Å². The lowest BCUT2D eigenvalue weighted by Gasteiger charge is -2.19. The third-order valence-electron chi connectivity index (χ3n) is 3.81. The summed E-state index contributed by atoms with van der Waals surface area (Å²) in [6.07, 6.45) is -4.92. The first-order valence-corrected chi connectivity index (χ1v) is 7.89. The molecule has 0 bridgehead atoms. The van der Waals surface area contributed by atoms with Crippen molar-refractivity contribution in [3.8, 4) is 0 Å². The number of hydrogen-bond donors (Lipinski definition) is 4. The molecule has 6 N–H and O–H groups in total. The van der Waals surface area contributed by atoms with Gasteiger partial charge in [-0.25, -0.2) is 4.79 Å². The zero-order valence-corrected chi connectivity index (χ0v) is 13.9. The van der Waals surface area contributed by atoms with E-state index in [1.807, 2.05) is 24.3 Å². The van der Waals surface area contributed by atoms with Gasteiger partial charge in [-0.05, 0) is 24.6 Å². The van der Waals surface area contributed by atoms with Gasteiger partial charge in [-0.2, -0.15) is 13.2 Å². The quantitative estimate of drug-likeness (QED) is 0.601. The smallest absolute Gasteiger partial charge is 0.475 e. The van der Waals surface area contributed by atoms with E-state index in [2.05, 4.69) is 0 Å². The van der Waals surface area contributed by atoms with Crippen molar-refractivity contribution in [2.24, 2.45) is 11.5 Å². The van der Waals surface area contributed by atoms with Crippen LogP contribution in [0.1, 0.15) is 24.3 Å². The Morgan fingerprint density at radius 3 is 2.35 bits per heavy atom. The number of hydrogen-bond acceptors (Lipinski definition) is 5. The number of alkyl halides is 3. The number of nitrogens with zero attached hydrogens (tertiary/aromatic N) is 1. The van der Waals surface area contributed by atoms with E-state index in [1.54, 1.807) is 4.90 Å². The van der Waals surface area contributed by atoms with Crippen molar-refractivity contribution in [1.29, 1.82) is 0 Å². The maximum Gasteiger partial charge on any atom is 0.490 e. The Kier molecular flexibility index (Phi) is 8.00. The van der Waals surface area contributed by atoms with Gasteiger partial charge in [-0.15, -0.1) is 0 Å². The van der Waals surface area contributed by atoms with Gasteiger partial charge in [-0.3, -0.25) is 4.79 Å². The monoisotopic (exact) mass is 377 g/mol. The zero-order chi connectivity index (χ0) is 19.9. The number of anilines is 1. The number of amides is 1. The van der Waals surface area contributed by atoms with Crippen molar-refractivity contribution in [3.63, 3.8) is 0 Å². The van der Waals surface area contributed by atoms with Crippen LogP contribution in [0.5, 0.6) is 0 Å². The molecule has 1 aliphatic heterocycles. The minimum atomic E-state index is -5.08. The Morgan fingerprint density at radius 1 is 1.27 bits per heavy atom. The SMILES string of the molecule is NCCC1CN(C(=O)CC(O)CN)c2ccccc21.O=C(O)C(F)(F)F. The van der Waals surface area contributed by atoms with Crippen molar-refractivity contribution in [1.82, 2.24) is 0 Å². The van der Waals surface area contributed by atoms with Crippen LogP contribution in [0.3, 0.4) is 0 Å². The van der Waals surface area contributed by atoms with Crippen LogP contribution < -0.4 is 16.4 Å². The van der Waals surface area contributed by atoms with Gasteiger partial charge in [0.2, 0.25) is 5.91 Å². The summed E-state index contributed by atoms with van der Waals surface area (Å²) in [7, 11) is 0. The maximum absolute atomic E-state index is 12.2. The lowest BCUT2D eigenvalue weighted by molar-refractivity contribution is -0.192. The van der Waals surface area contributed by atoms with Crippen LogP contribution >= 0.6 is 0 Å². The van der Waals surface area contributed by atoms with Gasteiger partial charge >= 0.3 is 12.1 Å². The second-order valence-electron chi connectivity index (χ2n) is 5.73. The minimum absolute atomic E-state index is 0.0696. The van der Waals surface area contributed by atoms with Crippen molar-refractivity contribution in [2.75, 3.05) is 24.5 Å². The second-order valence-corrected chi connectivity index (χ2v) is 5.73. The van der Waals surface area contributed by atoms with E-state index in [0.717, 1.165) is 12.1 Å². The minimum Gasteiger partial charge on any atom is -0.475 e. The van der Waals surface area contributed by atoms with E-state index < -0.39 is 18.2 Å². The summed E-state index contributed by atoms with van der Waals surface area (Å²) in [4.78, 5) is 22.8. The van der Waals surface area contributed by atoms with Gasteiger partial charge in [0.1, 0.15) is 0 Å². The van der Waals surface area contributed by atoms with Crippen molar-refractivity contribution in [2.45, 2.75) is 31.0 Å². The van der Waals surface area contributed by atoms with Gasteiger partial charge in [0.25, 0.3) is 0 Å². The number of carbonyl (C=O) groups excluding carboxylic acids is 1. The molecule has 1 aromatic rings. The van der Waals surface area contributed by atoms with E-state index in [4.69, 9.17) is 21.4 Å². The molecule has 0 spiro atoms. The summed E-state index contributed by atoms with van der Waals surface area (Å²) in [5.41, 5.74) is 13.1. The van der Waals surface area contributed by atoms with E-state index >= 15 is 0 Å². The standard InChI is InChI=1S/C14H21N3O2.C2HF3O2/c15-6-5-10-9-17(14(19)7-11(18)8-16)13-4-2-1-3-12(10)13;3-2(4,5)1(6)7/h1-4,10-11,18H,5-9,15-16H2;(H,6,7). The predicted molar refractivity (Wildman–Crippen MR) is 88.6 cm³/mol. The molecule has 1 amide bonds. The molecule has 0 fully saturated rings. The topological polar surface area (TPSA) is 130 Å². The van der Waals surface area contributed by atoms with Crippen LogP contribution in [-0.2, 0) is 9.59 Å². The zero-order valence-electron chi connectivity index (χ0n) is 13.9. The Hall–Kier alpha value is -2.17. The molecule has 146 valence electrons. The predicted octanol–water partition coefficient (Wildman–Crippen LogP) is 0.809. The van der Waals surface area contributed by atoms with E-state index in [9.17, 15) is 23.1 Å². The van der Waals surface area contributed by atoms with Crippen LogP contribution in [0.25, 0.3) is 0 Å². The highest BCUT2D eigenvalue weighted by molar-refractivity contribution is 5.96. The molecule has 2 rings (SSSR count). The molecule has 0 aromatic heterocycles. The van der Waals surface area contributed by atoms with Gasteiger partial charge in [0, 0.05) is 24.7 Å². The van der Waals surface area contributed by atoms with Gasteiger partial charge < -0.3 is 26.6 Å². The largest absolute Gasteiger partial charge is 0.490 e. The summed E-state index contributed by atoms with van der Waals surface area (Å²) < 4.78 is 31.7. The molecular weight excluding hydrogens is 355 g/mol. The highest BCUT2D eigenvalue weighted by Gasteiger charge is 2.38. The second kappa shape index (κ2) is 9.51. The number of halogens is 3. The Balaban J connectivity index is 0.000000412. The van der Waals surface area contributed by atoms with Gasteiger partial charge in [0.05, 0.1) is 12.5 Å². The van der Waals surface area contributed by atoms with Crippen LogP contribution in [0.2, 0.25) is 0 Å². The van der Waals surface area contributed by atoms with Crippen LogP contribution in [0.4, 0.5) is 18.9 Å². The van der Waals surface area contributed by atoms with Crippen LogP contribution in [0, 0.1) is 0 Å². The molecule has 2 unspecified atom stereocenters. The number of rotatable bonds is 5. The number of fused-ring (bicyclic) bond motifs is 1.